The summed E-state index contributed by atoms with van der Waals surface area (Å²) in [5.41, 5.74) is 0.224. The lowest BCUT2D eigenvalue weighted by molar-refractivity contribution is -0.144. The number of hydrogen-bond acceptors (Lipinski definition) is 30. The van der Waals surface area contributed by atoms with Crippen LogP contribution < -0.4 is 46.1 Å². The summed E-state index contributed by atoms with van der Waals surface area (Å²) in [6.45, 7) is 10.5. The first-order chi connectivity index (χ1) is 56.4. The number of nitrogens with one attached hydrogen (secondary N) is 6. The monoisotopic (exact) mass is 1790 g/mol. The second-order valence-corrected chi connectivity index (χ2v) is 30.6. The second-order valence-electron chi connectivity index (χ2n) is 24.6. The Morgan fingerprint density at radius 2 is 0.492 bits per heavy atom. The topological polar surface area (TPSA) is 435 Å². The molecule has 0 heterocycles. The molecule has 0 spiro atoms. The maximum atomic E-state index is 14.4. The zero-order chi connectivity index (χ0) is 89.9. The van der Waals surface area contributed by atoms with Gasteiger partial charge < -0.3 is 60.3 Å². The molecule has 6 N–H and O–H groups in total. The van der Waals surface area contributed by atoms with Crippen molar-refractivity contribution in [3.8, 4) is 50.6 Å². The van der Waals surface area contributed by atoms with Crippen molar-refractivity contribution < 1.29 is 141 Å². The van der Waals surface area contributed by atoms with Crippen LogP contribution in [0.15, 0.2) is 109 Å². The molecule has 0 bridgehead atoms. The largest absolute Gasteiger partial charge is 0.467 e. The quantitative estimate of drug-likeness (QED) is 0.00971. The third-order valence-corrected chi connectivity index (χ3v) is 21.1. The molecule has 6 aromatic rings. The van der Waals surface area contributed by atoms with Crippen molar-refractivity contribution in [2.24, 2.45) is 0 Å². The van der Waals surface area contributed by atoms with Gasteiger partial charge in [0.1, 0.15) is 88.4 Å². The van der Waals surface area contributed by atoms with Crippen molar-refractivity contribution in [3.63, 3.8) is 0 Å². The minimum Gasteiger partial charge on any atom is -0.467 e. The maximum absolute atomic E-state index is 14.4. The smallest absolute Gasteiger partial charge is 0.329 e. The number of halogens is 6. The molecule has 2 unspecified atom stereocenters. The molecule has 0 fully saturated rings. The highest BCUT2D eigenvalue weighted by molar-refractivity contribution is 8.16. The summed E-state index contributed by atoms with van der Waals surface area (Å²) in [5, 5.41) is 10.6. The molecule has 30 nitrogen and oxygen atoms in total. The third kappa shape index (κ3) is 34.2. The number of methoxy groups -OCH3 is 3. The fourth-order valence-corrected chi connectivity index (χ4v) is 15.5. The van der Waals surface area contributed by atoms with E-state index >= 15 is 0 Å². The van der Waals surface area contributed by atoms with E-state index in [-0.39, 0.29) is 102 Å². The van der Waals surface area contributed by atoms with E-state index in [1.54, 1.807) is 0 Å². The predicted octanol–water partition coefficient (Wildman–Crippen LogP) is 8.62. The fourth-order valence-electron chi connectivity index (χ4n) is 9.89. The first kappa shape index (κ1) is 101. The number of esters is 6. The van der Waals surface area contributed by atoms with Crippen LogP contribution in [0.2, 0.25) is 0 Å². The molecule has 0 aliphatic carbocycles. The van der Waals surface area contributed by atoms with Crippen molar-refractivity contribution in [2.45, 2.75) is 98.6 Å². The first-order valence-corrected chi connectivity index (χ1v) is 40.6. The second kappa shape index (κ2) is 49.9. The third-order valence-electron chi connectivity index (χ3n) is 15.0. The van der Waals surface area contributed by atoms with Crippen LogP contribution in [-0.4, -0.2) is 194 Å². The van der Waals surface area contributed by atoms with E-state index in [0.29, 0.717) is 88.8 Å². The summed E-state index contributed by atoms with van der Waals surface area (Å²) in [6.07, 6.45) is 0. The Morgan fingerprint density at radius 1 is 0.283 bits per heavy atom. The highest BCUT2D eigenvalue weighted by Crippen LogP contribution is 2.36. The highest BCUT2D eigenvalue weighted by atomic mass is 32.2. The van der Waals surface area contributed by atoms with Crippen molar-refractivity contribution >= 4 is 173 Å². The maximum Gasteiger partial charge on any atom is 0.329 e. The molecule has 6 atom stereocenters. The molecule has 0 aliphatic rings. The van der Waals surface area contributed by atoms with Gasteiger partial charge in [0.15, 0.2) is 0 Å². The molecule has 0 radical (unpaired) electrons. The Morgan fingerprint density at radius 3 is 0.683 bits per heavy atom. The van der Waals surface area contributed by atoms with E-state index in [1.165, 1.54) is 114 Å². The summed E-state index contributed by atoms with van der Waals surface area (Å²) in [7, 11) is 3.36. The first-order valence-electron chi connectivity index (χ1n) is 34.7. The molecular formula is C78H78F6N6O24S6. The summed E-state index contributed by atoms with van der Waals surface area (Å²) in [4.78, 5) is 218. The molecule has 0 saturated heterocycles. The molecule has 0 aromatic heterocycles. The van der Waals surface area contributed by atoms with Gasteiger partial charge in [-0.15, -0.1) is 0 Å². The zero-order valence-electron chi connectivity index (χ0n) is 65.6. The fraction of sp³-hybridized carbons (Fsp3) is 0.308. The number of rotatable bonds is 33. The van der Waals surface area contributed by atoms with Gasteiger partial charge in [-0.05, 0) is 89.5 Å². The van der Waals surface area contributed by atoms with E-state index in [9.17, 15) is 113 Å². The Kier molecular flexibility index (Phi) is 42.0. The minimum atomic E-state index is -1.18. The number of amides is 6. The van der Waals surface area contributed by atoms with Gasteiger partial charge in [-0.2, -0.15) is 0 Å². The average Bonchev–Trinajstić information content (AvgIpc) is 0.814. The molecule has 642 valence electrons. The van der Waals surface area contributed by atoms with E-state index in [4.69, 9.17) is 14.2 Å². The number of benzene rings is 6. The normalized spacial score (nSPS) is 12.1. The van der Waals surface area contributed by atoms with Gasteiger partial charge in [0.2, 0.25) is 66.1 Å². The number of thioether (sulfide) groups is 6. The van der Waals surface area contributed by atoms with E-state index in [1.807, 2.05) is 0 Å². The number of carbonyl (C=O) groups excluding carboxylic acids is 18. The Labute approximate surface area is 707 Å². The lowest BCUT2D eigenvalue weighted by Gasteiger charge is -2.18. The number of carbonyl (C=O) groups is 18. The highest BCUT2D eigenvalue weighted by Gasteiger charge is 2.32. The molecular weight excluding hydrogens is 1710 g/mol. The van der Waals surface area contributed by atoms with Crippen LogP contribution in [0.3, 0.4) is 0 Å². The average molecular weight is 1790 g/mol. The Balaban J connectivity index is 0.000000378. The van der Waals surface area contributed by atoms with Crippen molar-refractivity contribution in [2.75, 3.05) is 55.8 Å². The summed E-state index contributed by atoms with van der Waals surface area (Å²) in [6, 6.07) is 13.7. The van der Waals surface area contributed by atoms with Gasteiger partial charge in [0.25, 0.3) is 0 Å². The molecule has 6 amide bonds. The van der Waals surface area contributed by atoms with Crippen LogP contribution in [0, 0.1) is 34.9 Å². The Hall–Kier alpha value is -11.3. The van der Waals surface area contributed by atoms with E-state index in [0.717, 1.165) is 60.3 Å². The number of ether oxygens (including phenoxy) is 6. The molecule has 0 aliphatic heterocycles. The number of hydrogen-bond donors (Lipinski definition) is 6. The molecule has 0 saturated carbocycles. The van der Waals surface area contributed by atoms with Gasteiger partial charge in [0, 0.05) is 132 Å². The minimum absolute atomic E-state index is 0.00291. The standard InChI is InChI=1S/3C26H26F2N2O8S2/c3*1-13(31)29-21(24(34)37-4)11-40-26(36)22(30-14(2)32)12-39-25(35)19-9-16(5-8-23(19)38-15(3)33)18-7-6-17(27)10-20(18)28/h3*5-10,21-22H,11-12H2,1-4H3,(H,29,31)(H,30,32)/t2*21-,22-;/m10./s1. The lowest BCUT2D eigenvalue weighted by atomic mass is 10.0. The lowest BCUT2D eigenvalue weighted by Crippen LogP contribution is -2.44. The van der Waals surface area contributed by atoms with Crippen LogP contribution in [0.25, 0.3) is 33.4 Å². The van der Waals surface area contributed by atoms with Gasteiger partial charge in [0.05, 0.1) is 38.0 Å². The van der Waals surface area contributed by atoms with Crippen LogP contribution in [-0.2, 0) is 86.1 Å². The predicted molar refractivity (Wildman–Crippen MR) is 434 cm³/mol. The molecule has 42 heteroatoms. The van der Waals surface area contributed by atoms with Crippen molar-refractivity contribution in [1.29, 1.82) is 0 Å². The molecule has 6 aromatic carbocycles. The van der Waals surface area contributed by atoms with Crippen molar-refractivity contribution in [3.05, 3.63) is 161 Å². The van der Waals surface area contributed by atoms with Gasteiger partial charge in [-0.1, -0.05) is 88.8 Å². The van der Waals surface area contributed by atoms with E-state index in [2.05, 4.69) is 46.1 Å². The van der Waals surface area contributed by atoms with Gasteiger partial charge in [-0.3, -0.25) is 71.9 Å². The SMILES string of the molecule is COC(=O)C(CSC(=O)C(CSC(=O)c1cc(-c2ccc(F)cc2F)ccc1OC(C)=O)NC(C)=O)NC(C)=O.COC(=O)[C@@H](CSC(=O)[C@@H](CSC(=O)c1cc(-c2ccc(F)cc2F)ccc1OC(C)=O)NC(C)=O)NC(C)=O.COC(=O)[C@H](CSC(=O)[C@H](CSC(=O)c1cc(-c2ccc(F)cc2F)ccc1OC(C)=O)NC(C)=O)NC(C)=O. The summed E-state index contributed by atoms with van der Waals surface area (Å²) >= 11 is 3.80. The molecule has 6 rings (SSSR count). The summed E-state index contributed by atoms with van der Waals surface area (Å²) < 4.78 is 112. The van der Waals surface area contributed by atoms with Crippen LogP contribution in [0.4, 0.5) is 26.3 Å². The van der Waals surface area contributed by atoms with Crippen LogP contribution in [0.5, 0.6) is 17.2 Å². The Bertz CT molecular complexity index is 4440. The molecule has 120 heavy (non-hydrogen) atoms. The van der Waals surface area contributed by atoms with Crippen molar-refractivity contribution in [1.82, 2.24) is 31.9 Å². The van der Waals surface area contributed by atoms with Crippen LogP contribution in [0.1, 0.15) is 93.4 Å². The van der Waals surface area contributed by atoms with Crippen LogP contribution >= 0.6 is 70.6 Å². The summed E-state index contributed by atoms with van der Waals surface area (Å²) in [5.74, 6) is -14.4. The van der Waals surface area contributed by atoms with Gasteiger partial charge in [-0.25, -0.2) is 40.7 Å². The van der Waals surface area contributed by atoms with Gasteiger partial charge >= 0.3 is 35.8 Å². The zero-order valence-corrected chi connectivity index (χ0v) is 70.5. The van der Waals surface area contributed by atoms with E-state index < -0.39 is 173 Å².